The van der Waals surface area contributed by atoms with Crippen molar-refractivity contribution < 1.29 is 13.6 Å². The lowest BCUT2D eigenvalue weighted by atomic mass is 10.1. The first-order valence-corrected chi connectivity index (χ1v) is 9.66. The molecule has 31 heavy (non-hydrogen) atoms. The Morgan fingerprint density at radius 2 is 1.90 bits per heavy atom. The quantitative estimate of drug-likeness (QED) is 0.399. The number of nitrogens with one attached hydrogen (secondary N) is 3. The fraction of sp³-hybridized carbons (Fsp3) is 0.0870. The maximum Gasteiger partial charge on any atom is 0.251 e. The molecule has 154 valence electrons. The molecule has 3 aromatic carbocycles. The molecule has 0 unspecified atom stereocenters. The number of imidazole rings is 1. The molecular weight excluding hydrogens is 400 g/mol. The number of H-pyrrole nitrogens is 2. The van der Waals surface area contributed by atoms with Crippen molar-refractivity contribution in [1.82, 2.24) is 25.5 Å². The maximum absolute atomic E-state index is 14.2. The van der Waals surface area contributed by atoms with E-state index in [0.29, 0.717) is 33.7 Å². The van der Waals surface area contributed by atoms with E-state index >= 15 is 0 Å². The van der Waals surface area contributed by atoms with Crippen molar-refractivity contribution in [2.45, 2.75) is 13.5 Å². The number of halogens is 2. The molecule has 3 N–H and O–H groups in total. The molecule has 0 spiro atoms. The van der Waals surface area contributed by atoms with E-state index < -0.39 is 17.5 Å². The molecule has 0 bridgehead atoms. The number of amides is 1. The number of aromatic amines is 2. The molecule has 0 saturated heterocycles. The van der Waals surface area contributed by atoms with Gasteiger partial charge in [0.2, 0.25) is 0 Å². The van der Waals surface area contributed by atoms with Crippen LogP contribution in [0.25, 0.3) is 33.5 Å². The smallest absolute Gasteiger partial charge is 0.251 e. The number of nitrogens with zero attached hydrogens (tertiary/aromatic N) is 2. The van der Waals surface area contributed by atoms with Crippen LogP contribution >= 0.6 is 0 Å². The molecule has 1 amide bonds. The molecule has 6 nitrogen and oxygen atoms in total. The van der Waals surface area contributed by atoms with E-state index in [-0.39, 0.29) is 12.1 Å². The molecule has 0 saturated carbocycles. The first-order chi connectivity index (χ1) is 15.0. The Labute approximate surface area is 175 Å². The van der Waals surface area contributed by atoms with Gasteiger partial charge in [-0.3, -0.25) is 9.89 Å². The van der Waals surface area contributed by atoms with Gasteiger partial charge in [0, 0.05) is 23.1 Å². The van der Waals surface area contributed by atoms with Crippen molar-refractivity contribution in [3.63, 3.8) is 0 Å². The summed E-state index contributed by atoms with van der Waals surface area (Å²) in [6.45, 7) is 1.30. The number of carbonyl (C=O) groups excluding carboxylic acids is 1. The Morgan fingerprint density at radius 1 is 1.06 bits per heavy atom. The SMILES string of the molecule is Cc1ccc(F)c(CNC(=O)c2ccc3nc(-c4n[nH]c5ccccc45)[nH]c3c2)c1F. The summed E-state index contributed by atoms with van der Waals surface area (Å²) in [7, 11) is 0. The van der Waals surface area contributed by atoms with E-state index in [1.54, 1.807) is 25.1 Å². The summed E-state index contributed by atoms with van der Waals surface area (Å²) in [5, 5.41) is 10.8. The van der Waals surface area contributed by atoms with Gasteiger partial charge in [0.25, 0.3) is 5.91 Å². The van der Waals surface area contributed by atoms with Gasteiger partial charge in [0.15, 0.2) is 5.82 Å². The summed E-state index contributed by atoms with van der Waals surface area (Å²) < 4.78 is 28.1. The number of aryl methyl sites for hydroxylation is 1. The van der Waals surface area contributed by atoms with Crippen LogP contribution in [0.5, 0.6) is 0 Å². The minimum atomic E-state index is -0.691. The molecule has 5 aromatic rings. The van der Waals surface area contributed by atoms with Gasteiger partial charge in [0.05, 0.1) is 16.6 Å². The zero-order valence-electron chi connectivity index (χ0n) is 16.5. The minimum Gasteiger partial charge on any atom is -0.348 e. The van der Waals surface area contributed by atoms with E-state index in [4.69, 9.17) is 0 Å². The largest absolute Gasteiger partial charge is 0.348 e. The average Bonchev–Trinajstić information content (AvgIpc) is 3.39. The summed E-state index contributed by atoms with van der Waals surface area (Å²) in [5.74, 6) is -1.21. The second-order valence-electron chi connectivity index (χ2n) is 7.27. The van der Waals surface area contributed by atoms with Crippen molar-refractivity contribution in [2.75, 3.05) is 0 Å². The lowest BCUT2D eigenvalue weighted by Gasteiger charge is -2.09. The fourth-order valence-electron chi connectivity index (χ4n) is 3.55. The predicted molar refractivity (Wildman–Crippen MR) is 113 cm³/mol. The van der Waals surface area contributed by atoms with Crippen molar-refractivity contribution in [2.24, 2.45) is 0 Å². The molecule has 0 aliphatic carbocycles. The van der Waals surface area contributed by atoms with E-state index in [1.165, 1.54) is 12.1 Å². The van der Waals surface area contributed by atoms with Crippen molar-refractivity contribution in [3.05, 3.63) is 82.9 Å². The maximum atomic E-state index is 14.2. The summed E-state index contributed by atoms with van der Waals surface area (Å²) in [6, 6.07) is 15.3. The standard InChI is InChI=1S/C23H17F2N5O/c1-12-6-8-16(24)15(20(12)25)11-26-23(31)13-7-9-18-19(10-13)28-22(27-18)21-14-4-2-3-5-17(14)29-30-21/h2-10H,11H2,1H3,(H,26,31)(H,27,28)(H,29,30). The number of hydrogen-bond acceptors (Lipinski definition) is 3. The zero-order chi connectivity index (χ0) is 21.5. The van der Waals surface area contributed by atoms with Gasteiger partial charge in [0.1, 0.15) is 17.3 Å². The van der Waals surface area contributed by atoms with Crippen molar-refractivity contribution in [3.8, 4) is 11.5 Å². The number of fused-ring (bicyclic) bond motifs is 2. The van der Waals surface area contributed by atoms with Crippen molar-refractivity contribution in [1.29, 1.82) is 0 Å². The van der Waals surface area contributed by atoms with Gasteiger partial charge in [-0.15, -0.1) is 0 Å². The van der Waals surface area contributed by atoms with Crippen molar-refractivity contribution >= 4 is 27.8 Å². The highest BCUT2D eigenvalue weighted by molar-refractivity contribution is 5.98. The first kappa shape index (κ1) is 18.9. The third-order valence-electron chi connectivity index (χ3n) is 5.24. The molecule has 0 aliphatic heterocycles. The van der Waals surface area contributed by atoms with Crippen LogP contribution in [-0.2, 0) is 6.54 Å². The highest BCUT2D eigenvalue weighted by Crippen LogP contribution is 2.26. The van der Waals surface area contributed by atoms with E-state index in [1.807, 2.05) is 24.3 Å². The third kappa shape index (κ3) is 3.31. The summed E-state index contributed by atoms with van der Waals surface area (Å²) in [6.07, 6.45) is 0. The minimum absolute atomic E-state index is 0.163. The Kier molecular flexibility index (Phi) is 4.47. The summed E-state index contributed by atoms with van der Waals surface area (Å²) in [5.41, 5.74) is 3.42. The van der Waals surface area contributed by atoms with Crippen LogP contribution < -0.4 is 5.32 Å². The lowest BCUT2D eigenvalue weighted by molar-refractivity contribution is 0.0950. The number of rotatable bonds is 4. The molecule has 2 aromatic heterocycles. The predicted octanol–water partition coefficient (Wildman–Crippen LogP) is 4.62. The Morgan fingerprint density at radius 3 is 2.77 bits per heavy atom. The van der Waals surface area contributed by atoms with Gasteiger partial charge >= 0.3 is 0 Å². The molecule has 0 radical (unpaired) electrons. The number of benzene rings is 3. The van der Waals surface area contributed by atoms with E-state index in [0.717, 1.165) is 10.9 Å². The van der Waals surface area contributed by atoms with Crippen LogP contribution in [0.3, 0.4) is 0 Å². The molecular formula is C23H17F2N5O. The van der Waals surface area contributed by atoms with Gasteiger partial charge < -0.3 is 10.3 Å². The molecule has 0 fully saturated rings. The normalized spacial score (nSPS) is 11.3. The second-order valence-corrected chi connectivity index (χ2v) is 7.27. The number of carbonyl (C=O) groups is 1. The molecule has 8 heteroatoms. The molecule has 0 aliphatic rings. The highest BCUT2D eigenvalue weighted by atomic mass is 19.1. The van der Waals surface area contributed by atoms with Crippen LogP contribution in [-0.4, -0.2) is 26.1 Å². The zero-order valence-corrected chi connectivity index (χ0v) is 16.5. The van der Waals surface area contributed by atoms with Crippen LogP contribution in [0, 0.1) is 18.6 Å². The molecule has 2 heterocycles. The van der Waals surface area contributed by atoms with Gasteiger partial charge in [-0.2, -0.15) is 5.10 Å². The molecule has 0 atom stereocenters. The number of para-hydroxylation sites is 1. The van der Waals surface area contributed by atoms with Crippen LogP contribution in [0.2, 0.25) is 0 Å². The Bertz CT molecular complexity index is 1450. The molecule has 5 rings (SSSR count). The Balaban J connectivity index is 1.41. The number of hydrogen-bond donors (Lipinski definition) is 3. The second kappa shape index (κ2) is 7.32. The van der Waals surface area contributed by atoms with Gasteiger partial charge in [-0.05, 0) is 42.8 Å². The van der Waals surface area contributed by atoms with Crippen LogP contribution in [0.15, 0.2) is 54.6 Å². The third-order valence-corrected chi connectivity index (χ3v) is 5.24. The topological polar surface area (TPSA) is 86.5 Å². The van der Waals surface area contributed by atoms with Crippen LogP contribution in [0.1, 0.15) is 21.5 Å². The summed E-state index contributed by atoms with van der Waals surface area (Å²) >= 11 is 0. The fourth-order valence-corrected chi connectivity index (χ4v) is 3.55. The highest BCUT2D eigenvalue weighted by Gasteiger charge is 2.16. The monoisotopic (exact) mass is 417 g/mol. The summed E-state index contributed by atoms with van der Waals surface area (Å²) in [4.78, 5) is 20.3. The number of aromatic nitrogens is 4. The van der Waals surface area contributed by atoms with E-state index in [9.17, 15) is 13.6 Å². The first-order valence-electron chi connectivity index (χ1n) is 9.66. The van der Waals surface area contributed by atoms with Gasteiger partial charge in [-0.25, -0.2) is 13.8 Å². The Hall–Kier alpha value is -4.07. The van der Waals surface area contributed by atoms with Crippen LogP contribution in [0.4, 0.5) is 8.78 Å². The van der Waals surface area contributed by atoms with E-state index in [2.05, 4.69) is 25.5 Å². The van der Waals surface area contributed by atoms with Gasteiger partial charge in [-0.1, -0.05) is 24.3 Å². The lowest BCUT2D eigenvalue weighted by Crippen LogP contribution is -2.24. The average molecular weight is 417 g/mol.